The maximum Gasteiger partial charge on any atom is 0.269 e. The minimum atomic E-state index is -0.484. The molecule has 0 aliphatic carbocycles. The van der Waals surface area contributed by atoms with Gasteiger partial charge in [-0.3, -0.25) is 14.9 Å². The van der Waals surface area contributed by atoms with E-state index in [9.17, 15) is 14.9 Å². The molecule has 0 atom stereocenters. The zero-order valence-corrected chi connectivity index (χ0v) is 12.2. The third-order valence-electron chi connectivity index (χ3n) is 2.79. The van der Waals surface area contributed by atoms with Gasteiger partial charge in [0.05, 0.1) is 10.6 Å². The molecule has 0 aliphatic heterocycles. The van der Waals surface area contributed by atoms with Crippen molar-refractivity contribution in [3.8, 4) is 0 Å². The highest BCUT2D eigenvalue weighted by atomic mass is 79.9. The van der Waals surface area contributed by atoms with Crippen molar-refractivity contribution < 1.29 is 9.72 Å². The van der Waals surface area contributed by atoms with E-state index in [1.54, 1.807) is 13.0 Å². The van der Waals surface area contributed by atoms with E-state index in [1.807, 2.05) is 18.2 Å². The largest absolute Gasteiger partial charge is 0.321 e. The third kappa shape index (κ3) is 3.03. The minimum absolute atomic E-state index is 0.0278. The number of hydrogen-bond donors (Lipinski definition) is 1. The Morgan fingerprint density at radius 1 is 1.25 bits per heavy atom. The van der Waals surface area contributed by atoms with Gasteiger partial charge in [0.2, 0.25) is 0 Å². The molecule has 2 aromatic rings. The van der Waals surface area contributed by atoms with E-state index < -0.39 is 4.92 Å². The molecule has 0 fully saturated rings. The molecule has 20 heavy (non-hydrogen) atoms. The summed E-state index contributed by atoms with van der Waals surface area (Å²) in [7, 11) is 0. The summed E-state index contributed by atoms with van der Waals surface area (Å²) in [5, 5.41) is 13.4. The lowest BCUT2D eigenvalue weighted by atomic mass is 10.1. The summed E-state index contributed by atoms with van der Waals surface area (Å²) >= 11 is 3.34. The maximum absolute atomic E-state index is 12.2. The quantitative estimate of drug-likeness (QED) is 0.683. The van der Waals surface area contributed by atoms with Crippen LogP contribution in [0.15, 0.2) is 46.9 Å². The molecule has 0 bridgehead atoms. The molecule has 2 rings (SSSR count). The molecule has 1 amide bonds. The van der Waals surface area contributed by atoms with Crippen LogP contribution in [0.3, 0.4) is 0 Å². The Labute approximate surface area is 123 Å². The molecular weight excluding hydrogens is 324 g/mol. The standard InChI is InChI=1S/C14H11BrN2O3/c1-9-8-10(17(19)20)6-7-11(9)14(18)16-13-5-3-2-4-12(13)15/h2-8H,1H3,(H,16,18). The van der Waals surface area contributed by atoms with Crippen molar-refractivity contribution in [3.05, 3.63) is 68.2 Å². The average Bonchev–Trinajstić information content (AvgIpc) is 2.41. The molecular formula is C14H11BrN2O3. The predicted molar refractivity (Wildman–Crippen MR) is 79.9 cm³/mol. The fourth-order valence-electron chi connectivity index (χ4n) is 1.77. The molecule has 0 aliphatic rings. The number of nitro benzene ring substituents is 1. The molecule has 6 heteroatoms. The van der Waals surface area contributed by atoms with Crippen molar-refractivity contribution in [1.82, 2.24) is 0 Å². The van der Waals surface area contributed by atoms with Crippen LogP contribution < -0.4 is 5.32 Å². The molecule has 0 spiro atoms. The molecule has 0 radical (unpaired) electrons. The lowest BCUT2D eigenvalue weighted by molar-refractivity contribution is -0.384. The van der Waals surface area contributed by atoms with Gasteiger partial charge in [0.1, 0.15) is 0 Å². The van der Waals surface area contributed by atoms with E-state index >= 15 is 0 Å². The monoisotopic (exact) mass is 334 g/mol. The van der Waals surface area contributed by atoms with Crippen LogP contribution in [0.1, 0.15) is 15.9 Å². The van der Waals surface area contributed by atoms with Gasteiger partial charge < -0.3 is 5.32 Å². The maximum atomic E-state index is 12.2. The van der Waals surface area contributed by atoms with Crippen LogP contribution in [0.2, 0.25) is 0 Å². The molecule has 102 valence electrons. The van der Waals surface area contributed by atoms with Crippen molar-refractivity contribution in [2.45, 2.75) is 6.92 Å². The van der Waals surface area contributed by atoms with Crippen LogP contribution in [0.25, 0.3) is 0 Å². The predicted octanol–water partition coefficient (Wildman–Crippen LogP) is 3.92. The highest BCUT2D eigenvalue weighted by Crippen LogP contribution is 2.23. The SMILES string of the molecule is Cc1cc([N+](=O)[O-])ccc1C(=O)Nc1ccccc1Br. The number of rotatable bonds is 3. The first-order chi connectivity index (χ1) is 9.49. The van der Waals surface area contributed by atoms with Crippen LogP contribution in [0, 0.1) is 17.0 Å². The van der Waals surface area contributed by atoms with Crippen molar-refractivity contribution in [2.24, 2.45) is 0 Å². The number of halogens is 1. The van der Waals surface area contributed by atoms with E-state index in [0.717, 1.165) is 4.47 Å². The molecule has 2 aromatic carbocycles. The van der Waals surface area contributed by atoms with E-state index in [4.69, 9.17) is 0 Å². The molecule has 0 saturated carbocycles. The molecule has 0 saturated heterocycles. The van der Waals surface area contributed by atoms with E-state index in [0.29, 0.717) is 16.8 Å². The Balaban J connectivity index is 2.26. The Morgan fingerprint density at radius 3 is 2.55 bits per heavy atom. The summed E-state index contributed by atoms with van der Waals surface area (Å²) in [5.41, 5.74) is 1.59. The van der Waals surface area contributed by atoms with Crippen LogP contribution in [-0.2, 0) is 0 Å². The fourth-order valence-corrected chi connectivity index (χ4v) is 2.15. The minimum Gasteiger partial charge on any atom is -0.321 e. The lowest BCUT2D eigenvalue weighted by Gasteiger charge is -2.09. The Hall–Kier alpha value is -2.21. The van der Waals surface area contributed by atoms with Gasteiger partial charge in [-0.1, -0.05) is 12.1 Å². The smallest absolute Gasteiger partial charge is 0.269 e. The first-order valence-corrected chi connectivity index (χ1v) is 6.59. The van der Waals surface area contributed by atoms with Crippen LogP contribution in [0.5, 0.6) is 0 Å². The highest BCUT2D eigenvalue weighted by Gasteiger charge is 2.14. The van der Waals surface area contributed by atoms with Gasteiger partial charge in [-0.25, -0.2) is 0 Å². The highest BCUT2D eigenvalue weighted by molar-refractivity contribution is 9.10. The summed E-state index contributed by atoms with van der Waals surface area (Å²) in [6, 6.07) is 11.4. The van der Waals surface area contributed by atoms with E-state index in [-0.39, 0.29) is 11.6 Å². The van der Waals surface area contributed by atoms with Gasteiger partial charge >= 0.3 is 0 Å². The number of nitrogens with one attached hydrogen (secondary N) is 1. The van der Waals surface area contributed by atoms with Crippen LogP contribution in [0.4, 0.5) is 11.4 Å². The van der Waals surface area contributed by atoms with E-state index in [1.165, 1.54) is 18.2 Å². The number of nitrogens with zero attached hydrogens (tertiary/aromatic N) is 1. The summed E-state index contributed by atoms with van der Waals surface area (Å²) < 4.78 is 0.771. The van der Waals surface area contributed by atoms with Gasteiger partial charge in [0, 0.05) is 22.2 Å². The molecule has 0 unspecified atom stereocenters. The first-order valence-electron chi connectivity index (χ1n) is 5.80. The fraction of sp³-hybridized carbons (Fsp3) is 0.0714. The van der Waals surface area contributed by atoms with Crippen molar-refractivity contribution in [1.29, 1.82) is 0 Å². The van der Waals surface area contributed by atoms with E-state index in [2.05, 4.69) is 21.2 Å². The normalized spacial score (nSPS) is 10.1. The first kappa shape index (κ1) is 14.2. The molecule has 1 N–H and O–H groups in total. The molecule has 0 aromatic heterocycles. The van der Waals surface area contributed by atoms with Gasteiger partial charge in [0.25, 0.3) is 11.6 Å². The van der Waals surface area contributed by atoms with Gasteiger partial charge in [-0.15, -0.1) is 0 Å². The van der Waals surface area contributed by atoms with Gasteiger partial charge in [-0.2, -0.15) is 0 Å². The van der Waals surface area contributed by atoms with Crippen molar-refractivity contribution >= 4 is 33.2 Å². The summed E-state index contributed by atoms with van der Waals surface area (Å²) in [6.45, 7) is 1.67. The molecule has 5 nitrogen and oxygen atoms in total. The number of amides is 1. The second kappa shape index (κ2) is 5.83. The second-order valence-electron chi connectivity index (χ2n) is 4.19. The second-order valence-corrected chi connectivity index (χ2v) is 5.04. The Kier molecular flexibility index (Phi) is 4.14. The third-order valence-corrected chi connectivity index (χ3v) is 3.48. The zero-order valence-electron chi connectivity index (χ0n) is 10.6. The number of carbonyl (C=O) groups excluding carboxylic acids is 1. The number of anilines is 1. The van der Waals surface area contributed by atoms with Gasteiger partial charge in [-0.05, 0) is 46.6 Å². The number of aryl methyl sites for hydroxylation is 1. The summed E-state index contributed by atoms with van der Waals surface area (Å²) in [4.78, 5) is 22.4. The number of hydrogen-bond acceptors (Lipinski definition) is 3. The van der Waals surface area contributed by atoms with Crippen molar-refractivity contribution in [3.63, 3.8) is 0 Å². The summed E-state index contributed by atoms with van der Waals surface area (Å²) in [6.07, 6.45) is 0. The summed E-state index contributed by atoms with van der Waals surface area (Å²) in [5.74, 6) is -0.302. The number of non-ortho nitro benzene ring substituents is 1. The number of nitro groups is 1. The Morgan fingerprint density at radius 2 is 1.95 bits per heavy atom. The van der Waals surface area contributed by atoms with Gasteiger partial charge in [0.15, 0.2) is 0 Å². The average molecular weight is 335 g/mol. The Bertz CT molecular complexity index is 686. The zero-order chi connectivity index (χ0) is 14.7. The van der Waals surface area contributed by atoms with Crippen molar-refractivity contribution in [2.75, 3.05) is 5.32 Å². The topological polar surface area (TPSA) is 72.2 Å². The lowest BCUT2D eigenvalue weighted by Crippen LogP contribution is -2.13. The van der Waals surface area contributed by atoms with Crippen LogP contribution >= 0.6 is 15.9 Å². The molecule has 0 heterocycles. The van der Waals surface area contributed by atoms with Crippen LogP contribution in [-0.4, -0.2) is 10.8 Å². The number of para-hydroxylation sites is 1. The number of carbonyl (C=O) groups is 1. The number of benzene rings is 2.